The number of ether oxygens (including phenoxy) is 2. The summed E-state index contributed by atoms with van der Waals surface area (Å²) in [7, 11) is 5.46. The maximum absolute atomic E-state index is 11.6. The highest BCUT2D eigenvalue weighted by molar-refractivity contribution is 5.87. The molecule has 3 aliphatic carbocycles. The molecule has 2 aromatic carbocycles. The van der Waals surface area contributed by atoms with E-state index in [9.17, 15) is 5.11 Å². The number of aromatic nitrogens is 2. The van der Waals surface area contributed by atoms with Crippen molar-refractivity contribution < 1.29 is 14.6 Å². The molecule has 3 aliphatic rings. The van der Waals surface area contributed by atoms with Gasteiger partial charge in [-0.3, -0.25) is 0 Å². The standard InChI is InChI=1S/C30H39N3O3/c1-20-17-25(35-3)29(36-4)28-27(20)31-26(32-28)11-8-15-33(2)16-14-30(34)19-22-12-13-23(30)18-24(22)21-9-6-5-7-10-21/h5-7,9-10,17-18,22-23,34H,8,11-16,19H2,1-4H3,(H,31,32)/t22-,23-,30+/m0/s1. The van der Waals surface area contributed by atoms with Crippen LogP contribution in [0.5, 0.6) is 11.5 Å². The lowest BCUT2D eigenvalue weighted by atomic mass is 9.61. The molecule has 1 saturated carbocycles. The Labute approximate surface area is 214 Å². The molecular formula is C30H39N3O3. The third-order valence-electron chi connectivity index (χ3n) is 8.28. The van der Waals surface area contributed by atoms with Gasteiger partial charge in [-0.1, -0.05) is 36.4 Å². The third kappa shape index (κ3) is 4.76. The van der Waals surface area contributed by atoms with Crippen LogP contribution in [0.4, 0.5) is 0 Å². The van der Waals surface area contributed by atoms with Gasteiger partial charge in [0.15, 0.2) is 11.5 Å². The molecule has 6 heteroatoms. The van der Waals surface area contributed by atoms with Gasteiger partial charge in [-0.15, -0.1) is 0 Å². The fourth-order valence-corrected chi connectivity index (χ4v) is 6.24. The highest BCUT2D eigenvalue weighted by Gasteiger charge is 2.46. The summed E-state index contributed by atoms with van der Waals surface area (Å²) in [5.74, 6) is 3.09. The van der Waals surface area contributed by atoms with Crippen molar-refractivity contribution >= 4 is 16.6 Å². The molecule has 2 N–H and O–H groups in total. The molecule has 3 aromatic rings. The fourth-order valence-electron chi connectivity index (χ4n) is 6.24. The number of hydrogen-bond donors (Lipinski definition) is 2. The van der Waals surface area contributed by atoms with Crippen LogP contribution in [0, 0.1) is 18.8 Å². The van der Waals surface area contributed by atoms with Crippen LogP contribution in [-0.4, -0.2) is 59.9 Å². The molecule has 6 rings (SSSR count). The predicted molar refractivity (Wildman–Crippen MR) is 145 cm³/mol. The summed E-state index contributed by atoms with van der Waals surface area (Å²) in [6, 6.07) is 12.7. The number of benzene rings is 2. The van der Waals surface area contributed by atoms with E-state index in [1.54, 1.807) is 14.2 Å². The van der Waals surface area contributed by atoms with Crippen molar-refractivity contribution in [3.63, 3.8) is 0 Å². The van der Waals surface area contributed by atoms with E-state index in [-0.39, 0.29) is 5.92 Å². The van der Waals surface area contributed by atoms with Crippen molar-refractivity contribution in [2.45, 2.75) is 51.0 Å². The molecule has 0 spiro atoms. The highest BCUT2D eigenvalue weighted by atomic mass is 16.5. The molecule has 0 amide bonds. The summed E-state index contributed by atoms with van der Waals surface area (Å²) in [5.41, 5.74) is 5.12. The number of aromatic amines is 1. The molecule has 0 aliphatic heterocycles. The number of hydrogen-bond acceptors (Lipinski definition) is 5. The third-order valence-corrected chi connectivity index (χ3v) is 8.28. The van der Waals surface area contributed by atoms with Crippen molar-refractivity contribution in [2.75, 3.05) is 34.4 Å². The van der Waals surface area contributed by atoms with Gasteiger partial charge in [-0.05, 0) is 81.3 Å². The largest absolute Gasteiger partial charge is 0.493 e. The van der Waals surface area contributed by atoms with Crippen molar-refractivity contribution in [3.8, 4) is 11.5 Å². The van der Waals surface area contributed by atoms with Crippen molar-refractivity contribution in [3.05, 3.63) is 59.4 Å². The maximum atomic E-state index is 11.6. The van der Waals surface area contributed by atoms with Crippen molar-refractivity contribution in [1.29, 1.82) is 0 Å². The van der Waals surface area contributed by atoms with E-state index in [1.807, 2.05) is 6.07 Å². The molecule has 1 aromatic heterocycles. The van der Waals surface area contributed by atoms with Gasteiger partial charge in [0.2, 0.25) is 0 Å². The molecule has 36 heavy (non-hydrogen) atoms. The summed E-state index contributed by atoms with van der Waals surface area (Å²) in [6.45, 7) is 3.92. The molecule has 3 atom stereocenters. The summed E-state index contributed by atoms with van der Waals surface area (Å²) in [5, 5.41) is 11.6. The second-order valence-corrected chi connectivity index (χ2v) is 10.7. The lowest BCUT2D eigenvalue weighted by Gasteiger charge is -2.48. The van der Waals surface area contributed by atoms with E-state index in [1.165, 1.54) is 17.6 Å². The van der Waals surface area contributed by atoms with Gasteiger partial charge >= 0.3 is 0 Å². The van der Waals surface area contributed by atoms with E-state index in [0.717, 1.165) is 67.6 Å². The molecule has 0 radical (unpaired) electrons. The first-order valence-corrected chi connectivity index (χ1v) is 13.2. The number of rotatable bonds is 10. The van der Waals surface area contributed by atoms with Crippen LogP contribution in [0.3, 0.4) is 0 Å². The van der Waals surface area contributed by atoms with Crippen LogP contribution in [-0.2, 0) is 6.42 Å². The number of nitrogens with one attached hydrogen (secondary N) is 1. The predicted octanol–water partition coefficient (Wildman–Crippen LogP) is 5.39. The van der Waals surface area contributed by atoms with Crippen LogP contribution in [0.25, 0.3) is 16.6 Å². The summed E-state index contributed by atoms with van der Waals surface area (Å²) in [6.07, 6.45) is 8.23. The van der Waals surface area contributed by atoms with Gasteiger partial charge in [-0.25, -0.2) is 4.98 Å². The Morgan fingerprint density at radius 3 is 2.64 bits per heavy atom. The Morgan fingerprint density at radius 2 is 1.94 bits per heavy atom. The number of aryl methyl sites for hydroxylation is 2. The van der Waals surface area contributed by atoms with E-state index >= 15 is 0 Å². The second-order valence-electron chi connectivity index (χ2n) is 10.7. The second kappa shape index (κ2) is 10.3. The number of allylic oxidation sites excluding steroid dienone is 1. The van der Waals surface area contributed by atoms with Gasteiger partial charge in [-0.2, -0.15) is 0 Å². The number of methoxy groups -OCH3 is 2. The summed E-state index contributed by atoms with van der Waals surface area (Å²) < 4.78 is 11.0. The topological polar surface area (TPSA) is 70.6 Å². The lowest BCUT2D eigenvalue weighted by Crippen LogP contribution is -2.48. The first-order chi connectivity index (χ1) is 17.4. The maximum Gasteiger partial charge on any atom is 0.188 e. The Kier molecular flexibility index (Phi) is 7.09. The molecule has 1 fully saturated rings. The number of fused-ring (bicyclic) bond motifs is 3. The normalized spacial score (nSPS) is 23.3. The monoisotopic (exact) mass is 489 g/mol. The minimum absolute atomic E-state index is 0.261. The zero-order valence-electron chi connectivity index (χ0n) is 22.0. The van der Waals surface area contributed by atoms with Crippen LogP contribution in [0.2, 0.25) is 0 Å². The smallest absolute Gasteiger partial charge is 0.188 e. The Hall–Kier alpha value is -2.83. The zero-order chi connectivity index (χ0) is 25.3. The number of imidazole rings is 1. The lowest BCUT2D eigenvalue weighted by molar-refractivity contribution is -0.0574. The molecule has 6 nitrogen and oxygen atoms in total. The van der Waals surface area contributed by atoms with E-state index in [4.69, 9.17) is 14.5 Å². The number of aliphatic hydroxyl groups is 1. The molecule has 192 valence electrons. The van der Waals surface area contributed by atoms with Gasteiger partial charge in [0.05, 0.1) is 25.3 Å². The minimum Gasteiger partial charge on any atom is -0.493 e. The fraction of sp³-hybridized carbons (Fsp3) is 0.500. The number of H-pyrrole nitrogens is 1. The first kappa shape index (κ1) is 24.8. The zero-order valence-corrected chi connectivity index (χ0v) is 22.0. The first-order valence-electron chi connectivity index (χ1n) is 13.2. The van der Waals surface area contributed by atoms with Crippen molar-refractivity contribution in [1.82, 2.24) is 14.9 Å². The average molecular weight is 490 g/mol. The quantitative estimate of drug-likeness (QED) is 0.400. The molecule has 0 unspecified atom stereocenters. The van der Waals surface area contributed by atoms with Crippen LogP contribution < -0.4 is 9.47 Å². The SMILES string of the molecule is COc1cc(C)c2[nH]c(CCCN(C)CC[C@@]3(O)C[C@@H]4CC[C@H]3C=C4c3ccccc3)nc2c1OC. The van der Waals surface area contributed by atoms with E-state index in [2.05, 4.69) is 60.3 Å². The van der Waals surface area contributed by atoms with Crippen molar-refractivity contribution in [2.24, 2.45) is 11.8 Å². The molecule has 1 heterocycles. The Morgan fingerprint density at radius 1 is 1.14 bits per heavy atom. The number of nitrogens with zero attached hydrogens (tertiary/aromatic N) is 2. The Bertz CT molecular complexity index is 1240. The highest BCUT2D eigenvalue weighted by Crippen LogP contribution is 2.51. The van der Waals surface area contributed by atoms with Crippen LogP contribution in [0.15, 0.2) is 42.5 Å². The molecular weight excluding hydrogens is 450 g/mol. The van der Waals surface area contributed by atoms with Gasteiger partial charge in [0.25, 0.3) is 0 Å². The molecule has 2 bridgehead atoms. The average Bonchev–Trinajstić information content (AvgIpc) is 3.33. The summed E-state index contributed by atoms with van der Waals surface area (Å²) >= 11 is 0. The molecule has 0 saturated heterocycles. The summed E-state index contributed by atoms with van der Waals surface area (Å²) in [4.78, 5) is 10.6. The van der Waals surface area contributed by atoms with Gasteiger partial charge in [0, 0.05) is 18.9 Å². The minimum atomic E-state index is -0.582. The van der Waals surface area contributed by atoms with E-state index < -0.39 is 5.60 Å². The van der Waals surface area contributed by atoms with E-state index in [0.29, 0.717) is 17.4 Å². The Balaban J connectivity index is 1.16. The van der Waals surface area contributed by atoms with Gasteiger partial charge < -0.3 is 24.5 Å². The van der Waals surface area contributed by atoms with Gasteiger partial charge in [0.1, 0.15) is 11.3 Å². The van der Waals surface area contributed by atoms with Crippen LogP contribution >= 0.6 is 0 Å². The van der Waals surface area contributed by atoms with Crippen LogP contribution in [0.1, 0.15) is 49.1 Å².